The molecule has 0 spiro atoms. The number of ether oxygens (including phenoxy) is 2. The zero-order valence-electron chi connectivity index (χ0n) is 13.0. The third kappa shape index (κ3) is 2.13. The van der Waals surface area contributed by atoms with Gasteiger partial charge in [0.25, 0.3) is 5.56 Å². The largest absolute Gasteiger partial charge is 0.493 e. The normalized spacial score (nSPS) is 11.1. The van der Waals surface area contributed by atoms with Crippen LogP contribution >= 0.6 is 11.3 Å². The van der Waals surface area contributed by atoms with E-state index in [0.29, 0.717) is 27.4 Å². The summed E-state index contributed by atoms with van der Waals surface area (Å²) in [5.74, 6) is 0.904. The van der Waals surface area contributed by atoms with Crippen LogP contribution in [0.1, 0.15) is 0 Å². The lowest BCUT2D eigenvalue weighted by Crippen LogP contribution is -2.21. The third-order valence-corrected chi connectivity index (χ3v) is 4.77. The Morgan fingerprint density at radius 2 is 1.92 bits per heavy atom. The molecule has 6 nitrogen and oxygen atoms in total. The Balaban J connectivity index is 2.03. The number of hydrogen-bond donors (Lipinski definition) is 0. The van der Waals surface area contributed by atoms with E-state index in [4.69, 9.17) is 9.47 Å². The zero-order valence-corrected chi connectivity index (χ0v) is 13.8. The minimum Gasteiger partial charge on any atom is -0.493 e. The second-order valence-electron chi connectivity index (χ2n) is 5.09. The molecule has 0 aliphatic heterocycles. The van der Waals surface area contributed by atoms with Crippen LogP contribution in [0.15, 0.2) is 47.4 Å². The molecule has 24 heavy (non-hydrogen) atoms. The fourth-order valence-corrected chi connectivity index (χ4v) is 3.56. The van der Waals surface area contributed by atoms with Crippen LogP contribution in [0.4, 0.5) is 0 Å². The molecule has 0 N–H and O–H groups in total. The molecule has 2 aromatic heterocycles. The van der Waals surface area contributed by atoms with Crippen LogP contribution in [0.25, 0.3) is 26.1 Å². The quantitative estimate of drug-likeness (QED) is 0.574. The van der Waals surface area contributed by atoms with Gasteiger partial charge >= 0.3 is 0 Å². The van der Waals surface area contributed by atoms with Gasteiger partial charge in [0, 0.05) is 5.39 Å². The summed E-state index contributed by atoms with van der Waals surface area (Å²) in [6.45, 7) is 0. The van der Waals surface area contributed by atoms with Gasteiger partial charge < -0.3 is 9.47 Å². The molecule has 4 rings (SSSR count). The monoisotopic (exact) mass is 339 g/mol. The van der Waals surface area contributed by atoms with E-state index < -0.39 is 0 Å². The van der Waals surface area contributed by atoms with Gasteiger partial charge in [-0.15, -0.1) is 0 Å². The van der Waals surface area contributed by atoms with Gasteiger partial charge in [0.1, 0.15) is 0 Å². The number of nitrogens with zero attached hydrogens (tertiary/aromatic N) is 3. The topological polar surface area (TPSA) is 66.2 Å². The van der Waals surface area contributed by atoms with Crippen molar-refractivity contribution in [2.75, 3.05) is 14.2 Å². The van der Waals surface area contributed by atoms with Crippen molar-refractivity contribution in [3.63, 3.8) is 0 Å². The number of hydrogen-bond acceptors (Lipinski definition) is 6. The molecule has 0 amide bonds. The summed E-state index contributed by atoms with van der Waals surface area (Å²) >= 11 is 1.41. The van der Waals surface area contributed by atoms with Crippen molar-refractivity contribution in [2.24, 2.45) is 0 Å². The predicted molar refractivity (Wildman–Crippen MR) is 93.6 cm³/mol. The van der Waals surface area contributed by atoms with Gasteiger partial charge in [0.2, 0.25) is 5.13 Å². The lowest BCUT2D eigenvalue weighted by molar-refractivity contribution is 0.358. The van der Waals surface area contributed by atoms with Crippen LogP contribution in [-0.2, 0) is 0 Å². The van der Waals surface area contributed by atoms with E-state index in [-0.39, 0.29) is 5.56 Å². The Labute approximate surface area is 140 Å². The highest BCUT2D eigenvalue weighted by molar-refractivity contribution is 7.20. The molecule has 2 heterocycles. The second-order valence-corrected chi connectivity index (χ2v) is 6.10. The summed E-state index contributed by atoms with van der Waals surface area (Å²) in [7, 11) is 3.05. The maximum atomic E-state index is 13.0. The SMILES string of the molecule is COc1ccc2cnn(-c3nc4ccccc4s3)c(=O)c2c1OC. The molecule has 0 unspecified atom stereocenters. The van der Waals surface area contributed by atoms with Crippen molar-refractivity contribution in [3.05, 3.63) is 52.9 Å². The standard InChI is InChI=1S/C17H13N3O3S/c1-22-12-8-7-10-9-18-20(16(21)14(10)15(12)23-2)17-19-11-5-3-4-6-13(11)24-17/h3-9H,1-2H3. The minimum absolute atomic E-state index is 0.290. The molecule has 4 aromatic rings. The van der Waals surface area contributed by atoms with E-state index in [1.807, 2.05) is 24.3 Å². The van der Waals surface area contributed by atoms with Gasteiger partial charge in [-0.2, -0.15) is 9.78 Å². The van der Waals surface area contributed by atoms with Crippen LogP contribution in [0.5, 0.6) is 11.5 Å². The number of rotatable bonds is 3. The van der Waals surface area contributed by atoms with Gasteiger partial charge in [-0.1, -0.05) is 23.5 Å². The number of thiazole rings is 1. The predicted octanol–water partition coefficient (Wildman–Crippen LogP) is 3.01. The number of methoxy groups -OCH3 is 2. The Morgan fingerprint density at radius 1 is 1.08 bits per heavy atom. The average Bonchev–Trinajstić information content (AvgIpc) is 3.04. The van der Waals surface area contributed by atoms with Crippen molar-refractivity contribution in [2.45, 2.75) is 0 Å². The number of fused-ring (bicyclic) bond motifs is 2. The van der Waals surface area contributed by atoms with Crippen LogP contribution in [0.2, 0.25) is 0 Å². The molecule has 0 radical (unpaired) electrons. The summed E-state index contributed by atoms with van der Waals surface area (Å²) in [6.07, 6.45) is 1.63. The molecule has 0 aliphatic rings. The molecule has 0 bridgehead atoms. The summed E-state index contributed by atoms with van der Waals surface area (Å²) in [4.78, 5) is 17.5. The molecule has 120 valence electrons. The highest BCUT2D eigenvalue weighted by Gasteiger charge is 2.17. The fraction of sp³-hybridized carbons (Fsp3) is 0.118. The first-order valence-corrected chi connectivity index (χ1v) is 8.03. The molecular formula is C17H13N3O3S. The van der Waals surface area contributed by atoms with Crippen molar-refractivity contribution in [1.82, 2.24) is 14.8 Å². The van der Waals surface area contributed by atoms with Gasteiger partial charge in [-0.3, -0.25) is 4.79 Å². The van der Waals surface area contributed by atoms with Crippen LogP contribution in [-0.4, -0.2) is 29.0 Å². The summed E-state index contributed by atoms with van der Waals surface area (Å²) < 4.78 is 13.0. The zero-order chi connectivity index (χ0) is 16.7. The Hall–Kier alpha value is -2.93. The first-order valence-electron chi connectivity index (χ1n) is 7.22. The Bertz CT molecular complexity index is 1080. The molecule has 0 atom stereocenters. The van der Waals surface area contributed by atoms with E-state index in [1.54, 1.807) is 18.3 Å². The minimum atomic E-state index is -0.290. The maximum Gasteiger partial charge on any atom is 0.285 e. The highest BCUT2D eigenvalue weighted by atomic mass is 32.1. The average molecular weight is 339 g/mol. The highest BCUT2D eigenvalue weighted by Crippen LogP contribution is 2.33. The van der Waals surface area contributed by atoms with Gasteiger partial charge in [0.05, 0.1) is 36.0 Å². The van der Waals surface area contributed by atoms with Crippen molar-refractivity contribution >= 4 is 32.3 Å². The van der Waals surface area contributed by atoms with Crippen molar-refractivity contribution in [1.29, 1.82) is 0 Å². The van der Waals surface area contributed by atoms with E-state index in [0.717, 1.165) is 10.2 Å². The van der Waals surface area contributed by atoms with Gasteiger partial charge in [0.15, 0.2) is 11.5 Å². The van der Waals surface area contributed by atoms with Crippen LogP contribution in [0.3, 0.4) is 0 Å². The molecule has 0 aliphatic carbocycles. The number of aromatic nitrogens is 3. The second kappa shape index (κ2) is 5.61. The lowest BCUT2D eigenvalue weighted by Gasteiger charge is -2.10. The Morgan fingerprint density at radius 3 is 2.67 bits per heavy atom. The first-order chi connectivity index (χ1) is 11.7. The first kappa shape index (κ1) is 14.6. The number of para-hydroxylation sites is 1. The fourth-order valence-electron chi connectivity index (χ4n) is 2.64. The third-order valence-electron chi connectivity index (χ3n) is 3.76. The molecule has 0 saturated heterocycles. The maximum absolute atomic E-state index is 13.0. The van der Waals surface area contributed by atoms with E-state index in [9.17, 15) is 4.79 Å². The lowest BCUT2D eigenvalue weighted by atomic mass is 10.1. The summed E-state index contributed by atoms with van der Waals surface area (Å²) in [5.41, 5.74) is 0.547. The molecule has 0 saturated carbocycles. The van der Waals surface area contributed by atoms with Crippen molar-refractivity contribution < 1.29 is 9.47 Å². The van der Waals surface area contributed by atoms with E-state index in [1.165, 1.54) is 30.2 Å². The van der Waals surface area contributed by atoms with Crippen LogP contribution < -0.4 is 15.0 Å². The molecular weight excluding hydrogens is 326 g/mol. The van der Waals surface area contributed by atoms with Gasteiger partial charge in [-0.05, 0) is 24.3 Å². The molecule has 7 heteroatoms. The molecule has 2 aromatic carbocycles. The Kier molecular flexibility index (Phi) is 3.42. The summed E-state index contributed by atoms with van der Waals surface area (Å²) in [5, 5.41) is 5.89. The van der Waals surface area contributed by atoms with Gasteiger partial charge in [-0.25, -0.2) is 4.98 Å². The van der Waals surface area contributed by atoms with E-state index >= 15 is 0 Å². The van der Waals surface area contributed by atoms with E-state index in [2.05, 4.69) is 10.1 Å². The van der Waals surface area contributed by atoms with Crippen LogP contribution in [0, 0.1) is 0 Å². The summed E-state index contributed by atoms with van der Waals surface area (Å²) in [6, 6.07) is 11.3. The smallest absolute Gasteiger partial charge is 0.285 e. The molecule has 0 fully saturated rings. The number of benzene rings is 2. The van der Waals surface area contributed by atoms with Crippen molar-refractivity contribution in [3.8, 4) is 16.6 Å².